The maximum absolute atomic E-state index is 13.1. The Hall–Kier alpha value is -5.34. The number of carbonyl (C=O) groups excluding carboxylic acids is 2. The molecule has 280 valence electrons. The molecule has 3 atom stereocenters. The summed E-state index contributed by atoms with van der Waals surface area (Å²) in [7, 11) is 0. The number of nitrogens with one attached hydrogen (secondary N) is 2. The Labute approximate surface area is 314 Å². The minimum Gasteiger partial charge on any atom is -0.507 e. The molecule has 7 heterocycles. The summed E-state index contributed by atoms with van der Waals surface area (Å²) in [4.78, 5) is 44.0. The molecular weight excluding hydrogens is 685 g/mol. The van der Waals surface area contributed by atoms with Crippen LogP contribution in [0.5, 0.6) is 5.75 Å². The average Bonchev–Trinajstić information content (AvgIpc) is 3.52. The molecule has 4 aromatic rings. The van der Waals surface area contributed by atoms with E-state index in [2.05, 4.69) is 47.7 Å². The third kappa shape index (κ3) is 6.79. The molecule has 14 nitrogen and oxygen atoms in total. The predicted molar refractivity (Wildman–Crippen MR) is 203 cm³/mol. The zero-order chi connectivity index (χ0) is 36.8. The number of aliphatic hydroxyl groups is 1. The normalized spacial score (nSPS) is 23.1. The third-order valence-corrected chi connectivity index (χ3v) is 11.9. The van der Waals surface area contributed by atoms with Gasteiger partial charge in [-0.25, -0.2) is 9.97 Å². The second kappa shape index (κ2) is 14.5. The van der Waals surface area contributed by atoms with Crippen LogP contribution in [0.15, 0.2) is 60.9 Å². The van der Waals surface area contributed by atoms with Crippen LogP contribution in [0.4, 0.5) is 17.5 Å². The summed E-state index contributed by atoms with van der Waals surface area (Å²) in [5, 5.41) is 34.9. The summed E-state index contributed by atoms with van der Waals surface area (Å²) in [5.74, 6) is 2.02. The molecule has 2 aromatic carbocycles. The van der Waals surface area contributed by atoms with E-state index >= 15 is 0 Å². The number of fused-ring (bicyclic) bond motifs is 4. The van der Waals surface area contributed by atoms with Crippen LogP contribution in [0.25, 0.3) is 11.3 Å². The zero-order valence-corrected chi connectivity index (χ0v) is 30.3. The number of para-hydroxylation sites is 1. The lowest BCUT2D eigenvalue weighted by Crippen LogP contribution is -2.58. The molecule has 14 heteroatoms. The van der Waals surface area contributed by atoms with Crippen LogP contribution in [0.3, 0.4) is 0 Å². The Morgan fingerprint density at radius 1 is 0.852 bits per heavy atom. The van der Waals surface area contributed by atoms with Gasteiger partial charge >= 0.3 is 0 Å². The van der Waals surface area contributed by atoms with Crippen molar-refractivity contribution in [3.63, 3.8) is 0 Å². The summed E-state index contributed by atoms with van der Waals surface area (Å²) in [6, 6.07) is 15.0. The van der Waals surface area contributed by atoms with Gasteiger partial charge < -0.3 is 35.5 Å². The summed E-state index contributed by atoms with van der Waals surface area (Å²) in [6.07, 6.45) is 8.49. The second-order valence-corrected chi connectivity index (χ2v) is 15.3. The van der Waals surface area contributed by atoms with Crippen molar-refractivity contribution in [1.82, 2.24) is 35.3 Å². The Balaban J connectivity index is 0.739. The van der Waals surface area contributed by atoms with Gasteiger partial charge in [-0.3, -0.25) is 14.5 Å². The highest BCUT2D eigenvalue weighted by atomic mass is 16.3. The first-order valence-corrected chi connectivity index (χ1v) is 19.2. The number of hydrogen-bond donors (Lipinski definition) is 4. The van der Waals surface area contributed by atoms with Crippen molar-refractivity contribution in [3.8, 4) is 17.0 Å². The molecule has 0 spiro atoms. The summed E-state index contributed by atoms with van der Waals surface area (Å²) in [6.45, 7) is 6.54. The number of nitrogens with zero attached hydrogens (tertiary/aromatic N) is 8. The van der Waals surface area contributed by atoms with Crippen LogP contribution in [0.2, 0.25) is 0 Å². The van der Waals surface area contributed by atoms with Crippen LogP contribution in [0, 0.1) is 5.92 Å². The number of likely N-dealkylation sites (tertiary alicyclic amines) is 1. The fourth-order valence-corrected chi connectivity index (χ4v) is 8.82. The molecule has 3 fully saturated rings. The third-order valence-electron chi connectivity index (χ3n) is 11.9. The highest BCUT2D eigenvalue weighted by Crippen LogP contribution is 2.36. The minimum atomic E-state index is -0.829. The van der Waals surface area contributed by atoms with E-state index in [4.69, 9.17) is 9.97 Å². The van der Waals surface area contributed by atoms with Crippen LogP contribution < -0.4 is 20.4 Å². The number of carbonyl (C=O) groups is 2. The van der Waals surface area contributed by atoms with Crippen LogP contribution in [-0.2, 0) is 24.3 Å². The van der Waals surface area contributed by atoms with Crippen molar-refractivity contribution >= 4 is 29.3 Å². The highest BCUT2D eigenvalue weighted by molar-refractivity contribution is 6.01. The number of aromatic nitrogens is 4. The number of piperazine rings is 1. The molecule has 0 aliphatic carbocycles. The van der Waals surface area contributed by atoms with Gasteiger partial charge in [0.15, 0.2) is 5.82 Å². The second-order valence-electron chi connectivity index (χ2n) is 15.3. The molecule has 54 heavy (non-hydrogen) atoms. The molecular formula is C40H46N10O4. The van der Waals surface area contributed by atoms with Crippen LogP contribution in [-0.4, -0.2) is 110 Å². The van der Waals surface area contributed by atoms with Gasteiger partial charge in [0.1, 0.15) is 18.0 Å². The predicted octanol–water partition coefficient (Wildman–Crippen LogP) is 3.16. The number of aryl methyl sites for hydroxylation is 1. The number of hydrogen-bond acceptors (Lipinski definition) is 12. The van der Waals surface area contributed by atoms with Gasteiger partial charge in [0.2, 0.25) is 11.9 Å². The van der Waals surface area contributed by atoms with Gasteiger partial charge in [-0.15, -0.1) is 10.2 Å². The maximum atomic E-state index is 13.1. The lowest BCUT2D eigenvalue weighted by molar-refractivity contribution is -0.132. The molecule has 5 aliphatic rings. The Kier molecular flexibility index (Phi) is 9.23. The summed E-state index contributed by atoms with van der Waals surface area (Å²) < 4.78 is 0. The van der Waals surface area contributed by atoms with E-state index in [-0.39, 0.29) is 23.6 Å². The molecule has 0 saturated carbocycles. The van der Waals surface area contributed by atoms with Gasteiger partial charge in [0, 0.05) is 62.8 Å². The largest absolute Gasteiger partial charge is 0.507 e. The number of phenolic OH excluding ortho intramolecular Hbond substituents is 1. The lowest BCUT2D eigenvalue weighted by Gasteiger charge is -2.45. The van der Waals surface area contributed by atoms with E-state index in [1.54, 1.807) is 17.0 Å². The molecule has 3 saturated heterocycles. The SMILES string of the molecule is O=C1NC(O)CCC1N1Cc2cc(CN3CCC(CCc4cnc(N5CCN6c7cc(-c8ccccc8O)nnc7NC[C@H]6C5)nc4)CC3)ccc2C1=O. The summed E-state index contributed by atoms with van der Waals surface area (Å²) >= 11 is 0. The first kappa shape index (κ1) is 34.4. The maximum Gasteiger partial charge on any atom is 0.255 e. The van der Waals surface area contributed by atoms with E-state index in [9.17, 15) is 19.8 Å². The molecule has 2 amide bonds. The number of amides is 2. The Morgan fingerprint density at radius 2 is 1.69 bits per heavy atom. The highest BCUT2D eigenvalue weighted by Gasteiger charge is 2.39. The minimum absolute atomic E-state index is 0.0991. The molecule has 0 radical (unpaired) electrons. The van der Waals surface area contributed by atoms with Crippen molar-refractivity contribution in [2.24, 2.45) is 5.92 Å². The number of benzene rings is 2. The van der Waals surface area contributed by atoms with E-state index in [0.29, 0.717) is 42.1 Å². The van der Waals surface area contributed by atoms with Crippen molar-refractivity contribution in [3.05, 3.63) is 83.2 Å². The fourth-order valence-electron chi connectivity index (χ4n) is 8.82. The monoisotopic (exact) mass is 730 g/mol. The number of phenols is 1. The van der Waals surface area contributed by atoms with Crippen LogP contribution >= 0.6 is 0 Å². The van der Waals surface area contributed by atoms with Gasteiger partial charge in [-0.1, -0.05) is 24.3 Å². The molecule has 9 rings (SSSR count). The van der Waals surface area contributed by atoms with E-state index in [1.165, 1.54) is 11.1 Å². The number of rotatable bonds is 8. The molecule has 2 unspecified atom stereocenters. The zero-order valence-electron chi connectivity index (χ0n) is 30.3. The van der Waals surface area contributed by atoms with E-state index < -0.39 is 12.3 Å². The van der Waals surface area contributed by atoms with Crippen molar-refractivity contribution < 1.29 is 19.8 Å². The van der Waals surface area contributed by atoms with E-state index in [0.717, 1.165) is 94.5 Å². The van der Waals surface area contributed by atoms with Crippen LogP contribution in [0.1, 0.15) is 59.2 Å². The van der Waals surface area contributed by atoms with Crippen molar-refractivity contribution in [1.29, 1.82) is 0 Å². The lowest BCUT2D eigenvalue weighted by atomic mass is 9.91. The number of aliphatic hydroxyl groups excluding tert-OH is 1. The first-order chi connectivity index (χ1) is 26.4. The van der Waals surface area contributed by atoms with Gasteiger partial charge in [0.25, 0.3) is 5.91 Å². The average molecular weight is 731 g/mol. The molecule has 4 N–H and O–H groups in total. The summed E-state index contributed by atoms with van der Waals surface area (Å²) in [5.41, 5.74) is 6.36. The van der Waals surface area contributed by atoms with Crippen molar-refractivity contribution in [2.75, 3.05) is 54.4 Å². The number of aromatic hydroxyl groups is 1. The standard InChI is InChI=1S/C40H46N10O4/c51-35-4-2-1-3-31(35)32-18-34-37(46-45-32)41-21-29-24-48(15-16-49(29)34)40-42-19-27(20-43-40)6-5-25-11-13-47(14-12-25)22-26-7-8-30-28(17-26)23-50(39(30)54)33-9-10-36(52)44-38(33)53/h1-4,7-8,17-20,25,29,33,36,51-52H,5-6,9-16,21-24H2,(H,41,46)(H,44,53)/t29-,33?,36?/m0/s1. The topological polar surface area (TPSA) is 163 Å². The number of anilines is 3. The van der Waals surface area contributed by atoms with Crippen molar-refractivity contribution in [2.45, 2.75) is 69.9 Å². The fraction of sp³-hybridized carbons (Fsp3) is 0.450. The molecule has 0 bridgehead atoms. The molecule has 2 aromatic heterocycles. The Morgan fingerprint density at radius 3 is 2.50 bits per heavy atom. The van der Waals surface area contributed by atoms with Gasteiger partial charge in [0.05, 0.1) is 17.4 Å². The Bertz CT molecular complexity index is 2040. The van der Waals surface area contributed by atoms with Gasteiger partial charge in [-0.2, -0.15) is 0 Å². The quantitative estimate of drug-likeness (QED) is 0.210. The van der Waals surface area contributed by atoms with E-state index in [1.807, 2.05) is 36.7 Å². The first-order valence-electron chi connectivity index (χ1n) is 19.2. The smallest absolute Gasteiger partial charge is 0.255 e. The van der Waals surface area contributed by atoms with Gasteiger partial charge in [-0.05, 0) is 98.5 Å². The molecule has 5 aliphatic heterocycles. The number of piperidine rings is 2.